The van der Waals surface area contributed by atoms with Gasteiger partial charge in [-0.15, -0.1) is 6.61 Å². The normalized spacial score (nSPS) is 26.5. The minimum Gasteiger partial charge on any atom is -0.854 e. The molecule has 2 rings (SSSR count). The Kier molecular flexibility index (Phi) is 5.38. The Hall–Kier alpha value is 1.52. The summed E-state index contributed by atoms with van der Waals surface area (Å²) >= 11 is 0. The van der Waals surface area contributed by atoms with E-state index in [1.807, 2.05) is 0 Å². The molecule has 0 spiro atoms. The van der Waals surface area contributed by atoms with Crippen molar-refractivity contribution < 1.29 is 61.2 Å². The van der Waals surface area contributed by atoms with E-state index in [4.69, 9.17) is 4.74 Å². The van der Waals surface area contributed by atoms with Gasteiger partial charge in [-0.25, -0.2) is 0 Å². The van der Waals surface area contributed by atoms with Crippen molar-refractivity contribution in [2.45, 2.75) is 12.8 Å². The van der Waals surface area contributed by atoms with E-state index < -0.39 is 0 Å². The molecular weight excluding hydrogens is 193 g/mol. The van der Waals surface area contributed by atoms with Gasteiger partial charge in [-0.2, -0.15) is 0 Å². The number of ether oxygens (including phenoxy) is 1. The van der Waals surface area contributed by atoms with E-state index >= 15 is 0 Å². The van der Waals surface area contributed by atoms with E-state index in [1.165, 1.54) is 0 Å². The molecule has 1 saturated heterocycles. The van der Waals surface area contributed by atoms with Gasteiger partial charge >= 0.3 is 51.4 Å². The molecule has 70 valence electrons. The Labute approximate surface area is 122 Å². The summed E-state index contributed by atoms with van der Waals surface area (Å²) in [7, 11) is 0. The van der Waals surface area contributed by atoms with Crippen molar-refractivity contribution in [2.75, 3.05) is 39.5 Å². The molecule has 0 atom stereocenters. The number of morpholine rings is 1. The minimum absolute atomic E-state index is 0. The van der Waals surface area contributed by atoms with Crippen LogP contribution in [0.5, 0.6) is 0 Å². The Morgan fingerprint density at radius 1 is 1.23 bits per heavy atom. The zero-order valence-corrected chi connectivity index (χ0v) is 11.5. The molecule has 2 aliphatic rings. The molecule has 1 aliphatic heterocycles. The van der Waals surface area contributed by atoms with Crippen molar-refractivity contribution in [2.24, 2.45) is 5.41 Å². The zero-order chi connectivity index (χ0) is 8.44. The predicted octanol–water partition coefficient (Wildman–Crippen LogP) is -3.54. The van der Waals surface area contributed by atoms with Crippen LogP contribution in [0.4, 0.5) is 0 Å². The summed E-state index contributed by atoms with van der Waals surface area (Å²) in [6.45, 7) is 4.84. The Bertz CT molecular complexity index is 156. The minimum atomic E-state index is 0. The van der Waals surface area contributed by atoms with Crippen LogP contribution < -0.4 is 56.5 Å². The van der Waals surface area contributed by atoms with Gasteiger partial charge in [-0.05, 0) is 18.3 Å². The zero-order valence-electron chi connectivity index (χ0n) is 8.42. The van der Waals surface area contributed by atoms with Crippen molar-refractivity contribution >= 4 is 0 Å². The van der Waals surface area contributed by atoms with Crippen molar-refractivity contribution in [3.8, 4) is 0 Å². The largest absolute Gasteiger partial charge is 1.00 e. The molecule has 2 fully saturated rings. The monoisotopic (exact) mass is 209 g/mol. The number of rotatable bonds is 3. The van der Waals surface area contributed by atoms with Gasteiger partial charge in [0.2, 0.25) is 0 Å². The number of hydrogen-bond acceptors (Lipinski definition) is 3. The fourth-order valence-corrected chi connectivity index (χ4v) is 1.76. The van der Waals surface area contributed by atoms with Crippen molar-refractivity contribution in [1.29, 1.82) is 0 Å². The molecule has 0 bridgehead atoms. The molecule has 0 aromatic rings. The van der Waals surface area contributed by atoms with Crippen LogP contribution in [0.2, 0.25) is 0 Å². The van der Waals surface area contributed by atoms with E-state index in [2.05, 4.69) is 4.90 Å². The molecule has 13 heavy (non-hydrogen) atoms. The molecule has 3 nitrogen and oxygen atoms in total. The second-order valence-electron chi connectivity index (χ2n) is 4.03. The summed E-state index contributed by atoms with van der Waals surface area (Å²) in [5.41, 5.74) is 0.164. The predicted molar refractivity (Wildman–Crippen MR) is 43.8 cm³/mol. The molecular formula is C9H16KNO2. The molecule has 1 heterocycles. The molecule has 0 N–H and O–H groups in total. The summed E-state index contributed by atoms with van der Waals surface area (Å²) in [6.07, 6.45) is 2.29. The summed E-state index contributed by atoms with van der Waals surface area (Å²) in [5, 5.41) is 10.8. The van der Waals surface area contributed by atoms with Crippen molar-refractivity contribution in [3.63, 3.8) is 0 Å². The van der Waals surface area contributed by atoms with E-state index in [0.717, 1.165) is 45.7 Å². The molecule has 0 unspecified atom stereocenters. The van der Waals surface area contributed by atoms with Crippen molar-refractivity contribution in [3.05, 3.63) is 0 Å². The van der Waals surface area contributed by atoms with Gasteiger partial charge in [0, 0.05) is 19.6 Å². The standard InChI is InChI=1S/C9H16NO2.K/c11-8-9(1-2-9)7-10-3-5-12-6-4-10;/h1-8H2;/q-1;+1. The van der Waals surface area contributed by atoms with E-state index in [9.17, 15) is 5.11 Å². The van der Waals surface area contributed by atoms with E-state index in [-0.39, 0.29) is 63.4 Å². The summed E-state index contributed by atoms with van der Waals surface area (Å²) in [4.78, 5) is 2.37. The third-order valence-corrected chi connectivity index (χ3v) is 2.93. The van der Waals surface area contributed by atoms with Gasteiger partial charge in [-0.1, -0.05) is 0 Å². The third-order valence-electron chi connectivity index (χ3n) is 2.93. The first-order valence-corrected chi connectivity index (χ1v) is 4.73. The van der Waals surface area contributed by atoms with Gasteiger partial charge in [-0.3, -0.25) is 4.90 Å². The fraction of sp³-hybridized carbons (Fsp3) is 1.00. The van der Waals surface area contributed by atoms with Crippen LogP contribution in [0, 0.1) is 5.41 Å². The van der Waals surface area contributed by atoms with Crippen LogP contribution >= 0.6 is 0 Å². The third kappa shape index (κ3) is 3.54. The first kappa shape index (κ1) is 12.6. The quantitative estimate of drug-likeness (QED) is 0.452. The smallest absolute Gasteiger partial charge is 0.854 e. The van der Waals surface area contributed by atoms with Gasteiger partial charge in [0.1, 0.15) is 0 Å². The van der Waals surface area contributed by atoms with E-state index in [1.54, 1.807) is 0 Å². The number of hydrogen-bond donors (Lipinski definition) is 0. The molecule has 0 radical (unpaired) electrons. The van der Waals surface area contributed by atoms with Crippen molar-refractivity contribution in [1.82, 2.24) is 4.90 Å². The SMILES string of the molecule is [K+].[O-]CC1(CN2CCOCC2)CC1. The molecule has 4 heteroatoms. The second kappa shape index (κ2) is 5.56. The first-order chi connectivity index (χ1) is 5.85. The Morgan fingerprint density at radius 2 is 1.85 bits per heavy atom. The Balaban J connectivity index is 0.000000845. The second-order valence-corrected chi connectivity index (χ2v) is 4.03. The average molecular weight is 209 g/mol. The van der Waals surface area contributed by atoms with Crippen LogP contribution in [0.15, 0.2) is 0 Å². The van der Waals surface area contributed by atoms with Crippen LogP contribution in [0.3, 0.4) is 0 Å². The molecule has 0 amide bonds. The average Bonchev–Trinajstić information content (AvgIpc) is 2.88. The van der Waals surface area contributed by atoms with Gasteiger partial charge in [0.05, 0.1) is 13.2 Å². The topological polar surface area (TPSA) is 35.5 Å². The summed E-state index contributed by atoms with van der Waals surface area (Å²) < 4.78 is 5.25. The summed E-state index contributed by atoms with van der Waals surface area (Å²) in [5.74, 6) is 0. The molecule has 0 aromatic heterocycles. The van der Waals surface area contributed by atoms with Gasteiger partial charge in [0.25, 0.3) is 0 Å². The maximum atomic E-state index is 10.8. The van der Waals surface area contributed by atoms with Gasteiger partial charge in [0.15, 0.2) is 0 Å². The van der Waals surface area contributed by atoms with Crippen LogP contribution in [-0.2, 0) is 4.74 Å². The number of nitrogens with zero attached hydrogens (tertiary/aromatic N) is 1. The van der Waals surface area contributed by atoms with E-state index in [0.29, 0.717) is 0 Å². The van der Waals surface area contributed by atoms with Crippen LogP contribution in [-0.4, -0.2) is 44.4 Å². The molecule has 0 aromatic carbocycles. The maximum absolute atomic E-state index is 10.8. The maximum Gasteiger partial charge on any atom is 1.00 e. The fourth-order valence-electron chi connectivity index (χ4n) is 1.76. The van der Waals surface area contributed by atoms with Gasteiger partial charge < -0.3 is 9.84 Å². The summed E-state index contributed by atoms with van der Waals surface area (Å²) in [6, 6.07) is 0. The molecule has 1 saturated carbocycles. The molecule has 1 aliphatic carbocycles. The van der Waals surface area contributed by atoms with Crippen LogP contribution in [0.25, 0.3) is 0 Å². The Morgan fingerprint density at radius 3 is 2.31 bits per heavy atom. The van der Waals surface area contributed by atoms with Crippen LogP contribution in [0.1, 0.15) is 12.8 Å². The first-order valence-electron chi connectivity index (χ1n) is 4.73.